The van der Waals surface area contributed by atoms with Crippen LogP contribution in [0, 0.1) is 5.82 Å². The standard InChI is InChI=1S/C19H18BrFN2O2/c1-22-19(25)14-5-3-13(4-6-14)12-23(2)18(24)10-7-15-11-16(20)8-9-17(15)21/h3-11H,12H2,1-2H3,(H,22,25)/b10-7+. The van der Waals surface area contributed by atoms with Gasteiger partial charge in [0.2, 0.25) is 5.91 Å². The summed E-state index contributed by atoms with van der Waals surface area (Å²) in [6.45, 7) is 0.387. The van der Waals surface area contributed by atoms with Gasteiger partial charge in [0.25, 0.3) is 5.91 Å². The van der Waals surface area contributed by atoms with E-state index in [1.54, 1.807) is 50.5 Å². The number of nitrogens with one attached hydrogen (secondary N) is 1. The van der Waals surface area contributed by atoms with Gasteiger partial charge in [0, 0.05) is 42.3 Å². The van der Waals surface area contributed by atoms with Crippen LogP contribution >= 0.6 is 15.9 Å². The van der Waals surface area contributed by atoms with Crippen LogP contribution < -0.4 is 5.32 Å². The monoisotopic (exact) mass is 404 g/mol. The molecule has 0 aromatic heterocycles. The van der Waals surface area contributed by atoms with Gasteiger partial charge in [-0.05, 0) is 42.0 Å². The zero-order valence-corrected chi connectivity index (χ0v) is 15.5. The molecule has 6 heteroatoms. The fraction of sp³-hybridized carbons (Fsp3) is 0.158. The Morgan fingerprint density at radius 3 is 2.52 bits per heavy atom. The molecule has 0 aliphatic carbocycles. The van der Waals surface area contributed by atoms with E-state index in [1.807, 2.05) is 0 Å². The lowest BCUT2D eigenvalue weighted by Gasteiger charge is -2.15. The molecule has 2 rings (SSSR count). The van der Waals surface area contributed by atoms with Gasteiger partial charge < -0.3 is 10.2 Å². The van der Waals surface area contributed by atoms with Crippen molar-refractivity contribution in [2.75, 3.05) is 14.1 Å². The number of amides is 2. The summed E-state index contributed by atoms with van der Waals surface area (Å²) in [6, 6.07) is 11.6. The number of nitrogens with zero attached hydrogens (tertiary/aromatic N) is 1. The van der Waals surface area contributed by atoms with E-state index in [2.05, 4.69) is 21.2 Å². The Balaban J connectivity index is 2.01. The Morgan fingerprint density at radius 1 is 1.20 bits per heavy atom. The molecule has 130 valence electrons. The van der Waals surface area contributed by atoms with Crippen molar-refractivity contribution in [2.45, 2.75) is 6.54 Å². The average Bonchev–Trinajstić information content (AvgIpc) is 2.62. The van der Waals surface area contributed by atoms with Crippen molar-refractivity contribution < 1.29 is 14.0 Å². The molecule has 0 fully saturated rings. The zero-order chi connectivity index (χ0) is 18.4. The van der Waals surface area contributed by atoms with Crippen LogP contribution in [0.4, 0.5) is 4.39 Å². The Hall–Kier alpha value is -2.47. The van der Waals surface area contributed by atoms with Crippen LogP contribution in [-0.4, -0.2) is 30.8 Å². The largest absolute Gasteiger partial charge is 0.355 e. The lowest BCUT2D eigenvalue weighted by Crippen LogP contribution is -2.24. The molecule has 25 heavy (non-hydrogen) atoms. The average molecular weight is 405 g/mol. The molecule has 0 saturated heterocycles. The van der Waals surface area contributed by atoms with E-state index in [4.69, 9.17) is 0 Å². The molecule has 4 nitrogen and oxygen atoms in total. The van der Waals surface area contributed by atoms with Crippen LogP contribution in [0.25, 0.3) is 6.08 Å². The highest BCUT2D eigenvalue weighted by atomic mass is 79.9. The number of carbonyl (C=O) groups is 2. The minimum atomic E-state index is -0.389. The summed E-state index contributed by atoms with van der Waals surface area (Å²) in [5, 5.41) is 2.55. The number of likely N-dealkylation sites (N-methyl/N-ethyl adjacent to an activating group) is 1. The van der Waals surface area contributed by atoms with Gasteiger partial charge in [0.05, 0.1) is 0 Å². The van der Waals surface area contributed by atoms with Crippen LogP contribution in [0.5, 0.6) is 0 Å². The van der Waals surface area contributed by atoms with Crippen LogP contribution in [0.1, 0.15) is 21.5 Å². The number of hydrogen-bond acceptors (Lipinski definition) is 2. The summed E-state index contributed by atoms with van der Waals surface area (Å²) in [5.74, 6) is -0.788. The molecule has 0 spiro atoms. The molecule has 2 amide bonds. The number of halogens is 2. The van der Waals surface area contributed by atoms with Gasteiger partial charge in [-0.1, -0.05) is 28.1 Å². The summed E-state index contributed by atoms with van der Waals surface area (Å²) in [6.07, 6.45) is 2.79. The molecule has 0 saturated carbocycles. The van der Waals surface area contributed by atoms with Crippen molar-refractivity contribution in [1.82, 2.24) is 10.2 Å². The third kappa shape index (κ3) is 5.26. The normalized spacial score (nSPS) is 10.7. The Kier molecular flexibility index (Phi) is 6.47. The molecule has 1 N–H and O–H groups in total. The van der Waals surface area contributed by atoms with Gasteiger partial charge in [-0.15, -0.1) is 0 Å². The van der Waals surface area contributed by atoms with Crippen molar-refractivity contribution in [1.29, 1.82) is 0 Å². The Morgan fingerprint density at radius 2 is 1.88 bits per heavy atom. The smallest absolute Gasteiger partial charge is 0.251 e. The van der Waals surface area contributed by atoms with E-state index < -0.39 is 0 Å². The quantitative estimate of drug-likeness (QED) is 0.773. The first kappa shape index (κ1) is 18.9. The zero-order valence-electron chi connectivity index (χ0n) is 13.9. The molecular formula is C19H18BrFN2O2. The maximum Gasteiger partial charge on any atom is 0.251 e. The van der Waals surface area contributed by atoms with E-state index >= 15 is 0 Å². The van der Waals surface area contributed by atoms with E-state index in [-0.39, 0.29) is 17.6 Å². The third-order valence-electron chi connectivity index (χ3n) is 3.60. The summed E-state index contributed by atoms with van der Waals surface area (Å²) in [7, 11) is 3.24. The number of hydrogen-bond donors (Lipinski definition) is 1. The first-order valence-electron chi connectivity index (χ1n) is 7.60. The Labute approximate surface area is 154 Å². The molecule has 0 unspecified atom stereocenters. The van der Waals surface area contributed by atoms with Crippen molar-refractivity contribution in [3.05, 3.63) is 75.5 Å². The first-order valence-corrected chi connectivity index (χ1v) is 8.39. The molecule has 0 bridgehead atoms. The SMILES string of the molecule is CNC(=O)c1ccc(CN(C)C(=O)/C=C/c2cc(Br)ccc2F)cc1. The molecule has 0 radical (unpaired) electrons. The number of carbonyl (C=O) groups excluding carboxylic acids is 2. The fourth-order valence-electron chi connectivity index (χ4n) is 2.19. The van der Waals surface area contributed by atoms with Crippen molar-refractivity contribution in [3.8, 4) is 0 Å². The summed E-state index contributed by atoms with van der Waals surface area (Å²) in [4.78, 5) is 25.2. The van der Waals surface area contributed by atoms with Crippen LogP contribution in [0.2, 0.25) is 0 Å². The second-order valence-corrected chi connectivity index (χ2v) is 6.39. The van der Waals surface area contributed by atoms with Crippen molar-refractivity contribution in [2.24, 2.45) is 0 Å². The van der Waals surface area contributed by atoms with E-state index in [0.29, 0.717) is 17.7 Å². The van der Waals surface area contributed by atoms with Crippen LogP contribution in [0.3, 0.4) is 0 Å². The molecule has 2 aromatic rings. The predicted octanol–water partition coefficient (Wildman–Crippen LogP) is 3.62. The first-order chi connectivity index (χ1) is 11.9. The maximum atomic E-state index is 13.7. The van der Waals surface area contributed by atoms with Crippen molar-refractivity contribution in [3.63, 3.8) is 0 Å². The van der Waals surface area contributed by atoms with Gasteiger partial charge in [0.15, 0.2) is 0 Å². The number of benzene rings is 2. The summed E-state index contributed by atoms with van der Waals surface area (Å²) in [5.41, 5.74) is 1.79. The lowest BCUT2D eigenvalue weighted by molar-refractivity contribution is -0.125. The van der Waals surface area contributed by atoms with Crippen LogP contribution in [0.15, 0.2) is 53.0 Å². The van der Waals surface area contributed by atoms with Crippen LogP contribution in [-0.2, 0) is 11.3 Å². The molecule has 0 atom stereocenters. The summed E-state index contributed by atoms with van der Waals surface area (Å²) >= 11 is 3.27. The highest BCUT2D eigenvalue weighted by Crippen LogP contribution is 2.17. The van der Waals surface area contributed by atoms with E-state index in [1.165, 1.54) is 23.1 Å². The molecule has 0 aliphatic rings. The topological polar surface area (TPSA) is 49.4 Å². The van der Waals surface area contributed by atoms with Gasteiger partial charge in [0.1, 0.15) is 5.82 Å². The second-order valence-electron chi connectivity index (χ2n) is 5.47. The van der Waals surface area contributed by atoms with E-state index in [9.17, 15) is 14.0 Å². The third-order valence-corrected chi connectivity index (χ3v) is 4.10. The highest BCUT2D eigenvalue weighted by molar-refractivity contribution is 9.10. The van der Waals surface area contributed by atoms with Gasteiger partial charge in [-0.2, -0.15) is 0 Å². The lowest BCUT2D eigenvalue weighted by atomic mass is 10.1. The van der Waals surface area contributed by atoms with Gasteiger partial charge >= 0.3 is 0 Å². The second kappa shape index (κ2) is 8.58. The molecule has 2 aromatic carbocycles. The molecule has 0 aliphatic heterocycles. The van der Waals surface area contributed by atoms with Gasteiger partial charge in [-0.25, -0.2) is 4.39 Å². The number of rotatable bonds is 5. The minimum Gasteiger partial charge on any atom is -0.355 e. The van der Waals surface area contributed by atoms with E-state index in [0.717, 1.165) is 10.0 Å². The summed E-state index contributed by atoms with van der Waals surface area (Å²) < 4.78 is 14.4. The predicted molar refractivity (Wildman–Crippen MR) is 99.4 cm³/mol. The fourth-order valence-corrected chi connectivity index (χ4v) is 2.57. The van der Waals surface area contributed by atoms with Gasteiger partial charge in [-0.3, -0.25) is 9.59 Å². The molecular weight excluding hydrogens is 387 g/mol. The Bertz CT molecular complexity index is 804. The molecule has 0 heterocycles. The minimum absolute atomic E-state index is 0.157. The highest BCUT2D eigenvalue weighted by Gasteiger charge is 2.08. The van der Waals surface area contributed by atoms with Crippen molar-refractivity contribution >= 4 is 33.8 Å². The maximum absolute atomic E-state index is 13.7.